The van der Waals surface area contributed by atoms with Crippen LogP contribution in [0.15, 0.2) is 36.4 Å². The summed E-state index contributed by atoms with van der Waals surface area (Å²) >= 11 is 0. The van der Waals surface area contributed by atoms with Crippen LogP contribution in [0.5, 0.6) is 11.5 Å². The lowest BCUT2D eigenvalue weighted by Crippen LogP contribution is -2.36. The fraction of sp³-hybridized carbons (Fsp3) is 0.316. The topological polar surface area (TPSA) is 103 Å². The largest absolute Gasteiger partial charge is 0.486 e. The van der Waals surface area contributed by atoms with E-state index < -0.39 is 10.8 Å². The molecule has 1 amide bonds. The van der Waals surface area contributed by atoms with Crippen molar-refractivity contribution in [3.05, 3.63) is 52.1 Å². The fourth-order valence-corrected chi connectivity index (χ4v) is 3.21. The third-order valence-corrected chi connectivity index (χ3v) is 4.59. The Kier molecular flexibility index (Phi) is 4.98. The smallest absolute Gasteiger partial charge is 0.293 e. The second kappa shape index (κ2) is 7.73. The van der Waals surface area contributed by atoms with Gasteiger partial charge in [0, 0.05) is 36.5 Å². The van der Waals surface area contributed by atoms with Crippen LogP contribution in [0.1, 0.15) is 10.4 Å². The van der Waals surface area contributed by atoms with Crippen molar-refractivity contribution in [2.75, 3.05) is 49.7 Å². The Morgan fingerprint density at radius 3 is 2.50 bits per heavy atom. The van der Waals surface area contributed by atoms with Crippen LogP contribution in [-0.2, 0) is 4.74 Å². The molecule has 1 fully saturated rings. The molecule has 1 N–H and O–H groups in total. The lowest BCUT2D eigenvalue weighted by Gasteiger charge is -2.28. The van der Waals surface area contributed by atoms with Crippen LogP contribution in [0.25, 0.3) is 0 Å². The number of nitro groups is 1. The van der Waals surface area contributed by atoms with Gasteiger partial charge in [-0.1, -0.05) is 0 Å². The van der Waals surface area contributed by atoms with Gasteiger partial charge in [0.2, 0.25) is 0 Å². The van der Waals surface area contributed by atoms with Gasteiger partial charge in [-0.3, -0.25) is 14.9 Å². The predicted octanol–water partition coefficient (Wildman–Crippen LogP) is 2.45. The quantitative estimate of drug-likeness (QED) is 0.637. The van der Waals surface area contributed by atoms with Crippen molar-refractivity contribution < 1.29 is 23.9 Å². The Hall–Kier alpha value is -3.33. The van der Waals surface area contributed by atoms with Gasteiger partial charge in [-0.25, -0.2) is 0 Å². The molecule has 0 aromatic heterocycles. The monoisotopic (exact) mass is 385 g/mol. The van der Waals surface area contributed by atoms with Crippen LogP contribution in [0.3, 0.4) is 0 Å². The average molecular weight is 385 g/mol. The molecular formula is C19H19N3O6. The molecule has 2 heterocycles. The number of morpholine rings is 1. The molecule has 2 aliphatic rings. The summed E-state index contributed by atoms with van der Waals surface area (Å²) in [5.41, 5.74) is 1.12. The summed E-state index contributed by atoms with van der Waals surface area (Å²) in [5.74, 6) is 0.737. The first kappa shape index (κ1) is 18.1. The van der Waals surface area contributed by atoms with Gasteiger partial charge in [0.25, 0.3) is 11.6 Å². The zero-order valence-corrected chi connectivity index (χ0v) is 15.1. The summed E-state index contributed by atoms with van der Waals surface area (Å²) in [6.45, 7) is 3.11. The molecule has 4 rings (SSSR count). The first-order chi connectivity index (χ1) is 13.6. The molecule has 0 atom stereocenters. The van der Waals surface area contributed by atoms with E-state index in [1.54, 1.807) is 30.3 Å². The van der Waals surface area contributed by atoms with Gasteiger partial charge >= 0.3 is 0 Å². The van der Waals surface area contributed by atoms with Crippen LogP contribution in [0, 0.1) is 10.1 Å². The lowest BCUT2D eigenvalue weighted by atomic mass is 10.1. The van der Waals surface area contributed by atoms with Gasteiger partial charge in [-0.15, -0.1) is 0 Å². The second-order valence-electron chi connectivity index (χ2n) is 6.37. The number of hydrogen-bond donors (Lipinski definition) is 1. The summed E-state index contributed by atoms with van der Waals surface area (Å²) in [6, 6.07) is 9.59. The molecule has 0 bridgehead atoms. The second-order valence-corrected chi connectivity index (χ2v) is 6.37. The molecule has 0 unspecified atom stereocenters. The Morgan fingerprint density at radius 2 is 1.75 bits per heavy atom. The maximum absolute atomic E-state index is 12.6. The van der Waals surface area contributed by atoms with Crippen LogP contribution >= 0.6 is 0 Å². The highest BCUT2D eigenvalue weighted by molar-refractivity contribution is 6.05. The molecular weight excluding hydrogens is 366 g/mol. The van der Waals surface area contributed by atoms with E-state index in [9.17, 15) is 14.9 Å². The maximum atomic E-state index is 12.6. The highest BCUT2D eigenvalue weighted by atomic mass is 16.6. The van der Waals surface area contributed by atoms with Gasteiger partial charge in [0.15, 0.2) is 11.5 Å². The number of hydrogen-bond acceptors (Lipinski definition) is 7. The van der Waals surface area contributed by atoms with E-state index in [1.807, 2.05) is 4.90 Å². The Bertz CT molecular complexity index is 911. The van der Waals surface area contributed by atoms with Gasteiger partial charge in [0.1, 0.15) is 18.9 Å². The summed E-state index contributed by atoms with van der Waals surface area (Å²) in [5, 5.41) is 14.3. The number of nitrogens with zero attached hydrogens (tertiary/aromatic N) is 2. The van der Waals surface area contributed by atoms with E-state index in [0.717, 1.165) is 0 Å². The SMILES string of the molecule is O=C(Nc1ccc2c(c1)OCCO2)c1ccc(N2CCOCC2)c([N+](=O)[O-])c1. The standard InChI is InChI=1S/C19H19N3O6/c23-19(20-14-2-4-17-18(12-14)28-10-9-27-17)13-1-3-15(16(11-13)22(24)25)21-5-7-26-8-6-21/h1-4,11-12H,5-10H2,(H,20,23). The number of fused-ring (bicyclic) bond motifs is 1. The number of nitrogens with one attached hydrogen (secondary N) is 1. The first-order valence-corrected chi connectivity index (χ1v) is 8.94. The minimum Gasteiger partial charge on any atom is -0.486 e. The number of ether oxygens (including phenoxy) is 3. The lowest BCUT2D eigenvalue weighted by molar-refractivity contribution is -0.384. The van der Waals surface area contributed by atoms with Gasteiger partial charge in [-0.05, 0) is 24.3 Å². The summed E-state index contributed by atoms with van der Waals surface area (Å²) in [4.78, 5) is 25.6. The molecule has 1 saturated heterocycles. The number of benzene rings is 2. The van der Waals surface area contributed by atoms with E-state index in [-0.39, 0.29) is 11.3 Å². The summed E-state index contributed by atoms with van der Waals surface area (Å²) in [6.07, 6.45) is 0. The third kappa shape index (κ3) is 3.70. The summed E-state index contributed by atoms with van der Waals surface area (Å²) < 4.78 is 16.3. The van der Waals surface area contributed by atoms with Gasteiger partial charge < -0.3 is 24.4 Å². The van der Waals surface area contributed by atoms with Crippen molar-refractivity contribution in [2.45, 2.75) is 0 Å². The number of amides is 1. The zero-order valence-electron chi connectivity index (χ0n) is 15.1. The highest BCUT2D eigenvalue weighted by Crippen LogP contribution is 2.33. The van der Waals surface area contributed by atoms with E-state index in [1.165, 1.54) is 6.07 Å². The molecule has 0 radical (unpaired) electrons. The van der Waals surface area contributed by atoms with Crippen LogP contribution < -0.4 is 19.7 Å². The molecule has 0 saturated carbocycles. The van der Waals surface area contributed by atoms with E-state index in [2.05, 4.69) is 5.32 Å². The normalized spacial score (nSPS) is 15.8. The van der Waals surface area contributed by atoms with Crippen LogP contribution in [0.4, 0.5) is 17.1 Å². The predicted molar refractivity (Wildman–Crippen MR) is 102 cm³/mol. The molecule has 9 heteroatoms. The molecule has 2 aromatic rings. The number of carbonyl (C=O) groups is 1. The number of rotatable bonds is 4. The molecule has 2 aliphatic heterocycles. The number of carbonyl (C=O) groups excluding carboxylic acids is 1. The number of anilines is 2. The van der Waals surface area contributed by atoms with Crippen molar-refractivity contribution in [1.29, 1.82) is 0 Å². The van der Waals surface area contributed by atoms with E-state index in [0.29, 0.717) is 62.4 Å². The maximum Gasteiger partial charge on any atom is 0.293 e. The minimum atomic E-state index is -0.467. The van der Waals surface area contributed by atoms with Gasteiger partial charge in [0.05, 0.1) is 18.1 Å². The summed E-state index contributed by atoms with van der Waals surface area (Å²) in [7, 11) is 0. The number of nitro benzene ring substituents is 1. The molecule has 146 valence electrons. The van der Waals surface area contributed by atoms with Crippen molar-refractivity contribution in [1.82, 2.24) is 0 Å². The first-order valence-electron chi connectivity index (χ1n) is 8.94. The van der Waals surface area contributed by atoms with Crippen molar-refractivity contribution >= 4 is 23.0 Å². The molecule has 28 heavy (non-hydrogen) atoms. The van der Waals surface area contributed by atoms with Crippen molar-refractivity contribution in [3.8, 4) is 11.5 Å². The van der Waals surface area contributed by atoms with Crippen molar-refractivity contribution in [2.24, 2.45) is 0 Å². The van der Waals surface area contributed by atoms with Crippen LogP contribution in [0.2, 0.25) is 0 Å². The molecule has 9 nitrogen and oxygen atoms in total. The van der Waals surface area contributed by atoms with Gasteiger partial charge in [-0.2, -0.15) is 0 Å². The van der Waals surface area contributed by atoms with E-state index in [4.69, 9.17) is 14.2 Å². The highest BCUT2D eigenvalue weighted by Gasteiger charge is 2.23. The average Bonchev–Trinajstić information content (AvgIpc) is 2.73. The zero-order chi connectivity index (χ0) is 19.5. The Balaban J connectivity index is 1.55. The minimum absolute atomic E-state index is 0.100. The van der Waals surface area contributed by atoms with E-state index >= 15 is 0 Å². The fourth-order valence-electron chi connectivity index (χ4n) is 3.21. The molecule has 0 spiro atoms. The Morgan fingerprint density at radius 1 is 1.00 bits per heavy atom. The van der Waals surface area contributed by atoms with Crippen molar-refractivity contribution in [3.63, 3.8) is 0 Å². The van der Waals surface area contributed by atoms with Crippen LogP contribution in [-0.4, -0.2) is 50.3 Å². The Labute approximate surface area is 160 Å². The molecule has 2 aromatic carbocycles. The molecule has 0 aliphatic carbocycles. The third-order valence-electron chi connectivity index (χ3n) is 4.59.